The fourth-order valence-corrected chi connectivity index (χ4v) is 1.49. The van der Waals surface area contributed by atoms with Crippen molar-refractivity contribution >= 4 is 5.97 Å². The smallest absolute Gasteiger partial charge is 0.469 e. The van der Waals surface area contributed by atoms with Gasteiger partial charge in [0.2, 0.25) is 0 Å². The number of halogens is 5. The molecule has 0 amide bonds. The molecule has 0 aromatic heterocycles. The van der Waals surface area contributed by atoms with Gasteiger partial charge in [-0.2, -0.15) is 8.78 Å². The Hall–Kier alpha value is -2.06. The zero-order valence-electron chi connectivity index (χ0n) is 10.7. The topological polar surface area (TPSA) is 44.8 Å². The SMILES string of the molecule is COC(=O)CCc1cc(OC(F)F)ccc1OC(F)(F)F. The van der Waals surface area contributed by atoms with Crippen LogP contribution in [0.15, 0.2) is 18.2 Å². The Kier molecular flexibility index (Phi) is 5.74. The Bertz CT molecular complexity index is 487. The van der Waals surface area contributed by atoms with Crippen LogP contribution in [-0.4, -0.2) is 26.1 Å². The molecule has 0 radical (unpaired) electrons. The Morgan fingerprint density at radius 2 is 1.95 bits per heavy atom. The summed E-state index contributed by atoms with van der Waals surface area (Å²) in [7, 11) is 1.12. The van der Waals surface area contributed by atoms with Crippen LogP contribution >= 0.6 is 0 Å². The number of hydrogen-bond acceptors (Lipinski definition) is 4. The first-order valence-electron chi connectivity index (χ1n) is 5.61. The summed E-state index contributed by atoms with van der Waals surface area (Å²) in [6, 6.07) is 2.71. The van der Waals surface area contributed by atoms with E-state index in [1.54, 1.807) is 0 Å². The number of esters is 1. The second-order valence-electron chi connectivity index (χ2n) is 3.77. The lowest BCUT2D eigenvalue weighted by Crippen LogP contribution is -2.18. The number of rotatable bonds is 6. The van der Waals surface area contributed by atoms with E-state index in [-0.39, 0.29) is 24.2 Å². The van der Waals surface area contributed by atoms with E-state index in [0.29, 0.717) is 0 Å². The van der Waals surface area contributed by atoms with Gasteiger partial charge in [0, 0.05) is 6.42 Å². The first-order chi connectivity index (χ1) is 9.71. The molecule has 0 unspecified atom stereocenters. The van der Waals surface area contributed by atoms with Gasteiger partial charge in [-0.1, -0.05) is 0 Å². The molecule has 0 aliphatic heterocycles. The van der Waals surface area contributed by atoms with Crippen LogP contribution in [0.3, 0.4) is 0 Å². The van der Waals surface area contributed by atoms with Crippen molar-refractivity contribution in [3.63, 3.8) is 0 Å². The van der Waals surface area contributed by atoms with Crippen molar-refractivity contribution in [3.05, 3.63) is 23.8 Å². The molecule has 0 N–H and O–H groups in total. The molecular weight excluding hydrogens is 303 g/mol. The molecule has 0 bridgehead atoms. The molecule has 1 rings (SSSR count). The van der Waals surface area contributed by atoms with Crippen molar-refractivity contribution in [1.82, 2.24) is 0 Å². The van der Waals surface area contributed by atoms with Crippen molar-refractivity contribution < 1.29 is 41.0 Å². The maximum absolute atomic E-state index is 12.2. The monoisotopic (exact) mass is 314 g/mol. The fraction of sp³-hybridized carbons (Fsp3) is 0.417. The highest BCUT2D eigenvalue weighted by molar-refractivity contribution is 5.69. The number of benzene rings is 1. The van der Waals surface area contributed by atoms with Crippen LogP contribution in [0.4, 0.5) is 22.0 Å². The Morgan fingerprint density at radius 1 is 1.29 bits per heavy atom. The Labute approximate surface area is 116 Å². The van der Waals surface area contributed by atoms with Crippen LogP contribution in [0, 0.1) is 0 Å². The molecule has 1 aromatic carbocycles. The molecule has 0 saturated heterocycles. The minimum Gasteiger partial charge on any atom is -0.469 e. The van der Waals surface area contributed by atoms with E-state index in [2.05, 4.69) is 14.2 Å². The molecule has 0 atom stereocenters. The van der Waals surface area contributed by atoms with Gasteiger partial charge in [-0.05, 0) is 30.2 Å². The van der Waals surface area contributed by atoms with Gasteiger partial charge < -0.3 is 14.2 Å². The number of carbonyl (C=O) groups is 1. The fourth-order valence-electron chi connectivity index (χ4n) is 1.49. The standard InChI is InChI=1S/C12H11F5O4/c1-19-10(18)5-2-7-6-8(20-11(13)14)3-4-9(7)21-12(15,16)17/h3-4,6,11H,2,5H2,1H3. The van der Waals surface area contributed by atoms with Gasteiger partial charge in [0.25, 0.3) is 0 Å². The van der Waals surface area contributed by atoms with Crippen LogP contribution < -0.4 is 9.47 Å². The van der Waals surface area contributed by atoms with E-state index in [9.17, 15) is 26.7 Å². The highest BCUT2D eigenvalue weighted by atomic mass is 19.4. The number of hydrogen-bond donors (Lipinski definition) is 0. The molecule has 0 spiro atoms. The predicted octanol–water partition coefficient (Wildman–Crippen LogP) is 3.29. The second kappa shape index (κ2) is 7.09. The van der Waals surface area contributed by atoms with Gasteiger partial charge in [0.1, 0.15) is 11.5 Å². The number of ether oxygens (including phenoxy) is 3. The van der Waals surface area contributed by atoms with Crippen LogP contribution in [0.25, 0.3) is 0 Å². The van der Waals surface area contributed by atoms with Gasteiger partial charge in [-0.15, -0.1) is 13.2 Å². The summed E-state index contributed by atoms with van der Waals surface area (Å²) in [5.41, 5.74) is -0.101. The first-order valence-corrected chi connectivity index (χ1v) is 5.61. The maximum atomic E-state index is 12.2. The van der Waals surface area contributed by atoms with Gasteiger partial charge in [0.15, 0.2) is 0 Å². The van der Waals surface area contributed by atoms with E-state index in [4.69, 9.17) is 0 Å². The summed E-state index contributed by atoms with van der Waals surface area (Å²) in [5.74, 6) is -1.58. The summed E-state index contributed by atoms with van der Waals surface area (Å²) in [5, 5.41) is 0. The van der Waals surface area contributed by atoms with Crippen molar-refractivity contribution in [2.75, 3.05) is 7.11 Å². The number of alkyl halides is 5. The Morgan fingerprint density at radius 3 is 2.48 bits per heavy atom. The van der Waals surface area contributed by atoms with Gasteiger partial charge in [0.05, 0.1) is 7.11 Å². The molecule has 118 valence electrons. The van der Waals surface area contributed by atoms with E-state index < -0.39 is 24.7 Å². The minimum absolute atomic E-state index is 0.101. The number of methoxy groups -OCH3 is 1. The average molecular weight is 314 g/mol. The third-order valence-corrected chi connectivity index (χ3v) is 2.31. The largest absolute Gasteiger partial charge is 0.573 e. The third-order valence-electron chi connectivity index (χ3n) is 2.31. The Balaban J connectivity index is 2.97. The van der Waals surface area contributed by atoms with Crippen LogP contribution in [0.1, 0.15) is 12.0 Å². The highest BCUT2D eigenvalue weighted by Gasteiger charge is 2.32. The molecule has 0 saturated carbocycles. The first kappa shape index (κ1) is 17.0. The average Bonchev–Trinajstić information content (AvgIpc) is 2.36. The molecule has 9 heteroatoms. The van der Waals surface area contributed by atoms with Crippen LogP contribution in [-0.2, 0) is 16.0 Å². The van der Waals surface area contributed by atoms with E-state index in [1.807, 2.05) is 0 Å². The van der Waals surface area contributed by atoms with Crippen molar-refractivity contribution in [3.8, 4) is 11.5 Å². The molecular formula is C12H11F5O4. The minimum atomic E-state index is -4.94. The van der Waals surface area contributed by atoms with E-state index >= 15 is 0 Å². The van der Waals surface area contributed by atoms with Crippen molar-refractivity contribution in [1.29, 1.82) is 0 Å². The van der Waals surface area contributed by atoms with Gasteiger partial charge in [-0.25, -0.2) is 0 Å². The lowest BCUT2D eigenvalue weighted by atomic mass is 10.1. The lowest BCUT2D eigenvalue weighted by Gasteiger charge is -2.14. The lowest BCUT2D eigenvalue weighted by molar-refractivity contribution is -0.274. The molecule has 21 heavy (non-hydrogen) atoms. The predicted molar refractivity (Wildman–Crippen MR) is 60.1 cm³/mol. The summed E-state index contributed by atoms with van der Waals surface area (Å²) < 4.78 is 73.1. The molecule has 0 fully saturated rings. The van der Waals surface area contributed by atoms with Gasteiger partial charge in [-0.3, -0.25) is 4.79 Å². The zero-order chi connectivity index (χ0) is 16.0. The molecule has 0 aliphatic carbocycles. The highest BCUT2D eigenvalue weighted by Crippen LogP contribution is 2.31. The normalized spacial score (nSPS) is 11.4. The van der Waals surface area contributed by atoms with Gasteiger partial charge >= 0.3 is 18.9 Å². The van der Waals surface area contributed by atoms with E-state index in [1.165, 1.54) is 0 Å². The van der Waals surface area contributed by atoms with Crippen LogP contribution in [0.5, 0.6) is 11.5 Å². The van der Waals surface area contributed by atoms with Crippen LogP contribution in [0.2, 0.25) is 0 Å². The molecule has 1 aromatic rings. The quantitative estimate of drug-likeness (QED) is 0.597. The van der Waals surface area contributed by atoms with Crippen molar-refractivity contribution in [2.24, 2.45) is 0 Å². The maximum Gasteiger partial charge on any atom is 0.573 e. The summed E-state index contributed by atoms with van der Waals surface area (Å²) in [6.07, 6.45) is -5.35. The van der Waals surface area contributed by atoms with E-state index in [0.717, 1.165) is 25.3 Å². The van der Waals surface area contributed by atoms with Crippen molar-refractivity contribution in [2.45, 2.75) is 25.8 Å². The third kappa shape index (κ3) is 6.28. The zero-order valence-corrected chi connectivity index (χ0v) is 10.7. The number of carbonyl (C=O) groups excluding carboxylic acids is 1. The second-order valence-corrected chi connectivity index (χ2v) is 3.77. The summed E-state index contributed by atoms with van der Waals surface area (Å²) in [6.45, 7) is -3.12. The molecule has 0 heterocycles. The number of aryl methyl sites for hydroxylation is 1. The summed E-state index contributed by atoms with van der Waals surface area (Å²) >= 11 is 0. The molecule has 0 aliphatic rings. The molecule has 4 nitrogen and oxygen atoms in total. The summed E-state index contributed by atoms with van der Waals surface area (Å²) in [4.78, 5) is 11.0.